The smallest absolute Gasteiger partial charge is 0.264 e. The first-order valence-electron chi connectivity index (χ1n) is 8.98. The Bertz CT molecular complexity index is 1110. The summed E-state index contributed by atoms with van der Waals surface area (Å²) in [6, 6.07) is 18.4. The van der Waals surface area contributed by atoms with Crippen molar-refractivity contribution in [1.82, 2.24) is 0 Å². The zero-order valence-corrected chi connectivity index (χ0v) is 16.9. The first-order valence-corrected chi connectivity index (χ1v) is 10.4. The number of rotatable bonds is 6. The summed E-state index contributed by atoms with van der Waals surface area (Å²) >= 11 is 0. The summed E-state index contributed by atoms with van der Waals surface area (Å²) in [5.41, 5.74) is 2.65. The van der Waals surface area contributed by atoms with Gasteiger partial charge in [-0.2, -0.15) is 0 Å². The molecule has 0 atom stereocenters. The van der Waals surface area contributed by atoms with E-state index in [9.17, 15) is 17.6 Å². The summed E-state index contributed by atoms with van der Waals surface area (Å²) in [5.74, 6) is -0.992. The van der Waals surface area contributed by atoms with Crippen LogP contribution in [0.4, 0.5) is 15.8 Å². The predicted molar refractivity (Wildman–Crippen MR) is 112 cm³/mol. The molecule has 0 heterocycles. The van der Waals surface area contributed by atoms with Crippen molar-refractivity contribution in [1.29, 1.82) is 0 Å². The van der Waals surface area contributed by atoms with Crippen molar-refractivity contribution in [3.8, 4) is 0 Å². The summed E-state index contributed by atoms with van der Waals surface area (Å²) in [4.78, 5) is 12.8. The second kappa shape index (κ2) is 8.45. The van der Waals surface area contributed by atoms with Crippen molar-refractivity contribution in [3.63, 3.8) is 0 Å². The highest BCUT2D eigenvalue weighted by molar-refractivity contribution is 7.92. The zero-order chi connectivity index (χ0) is 21.0. The van der Waals surface area contributed by atoms with E-state index >= 15 is 0 Å². The van der Waals surface area contributed by atoms with Crippen LogP contribution < -0.4 is 9.62 Å². The normalized spacial score (nSPS) is 11.1. The molecule has 5 nitrogen and oxygen atoms in total. The fraction of sp³-hybridized carbons (Fsp3) is 0.136. The minimum absolute atomic E-state index is 0.0452. The van der Waals surface area contributed by atoms with Crippen LogP contribution >= 0.6 is 0 Å². The van der Waals surface area contributed by atoms with Gasteiger partial charge in [0, 0.05) is 5.69 Å². The molecule has 7 heteroatoms. The number of nitrogens with one attached hydrogen (secondary N) is 1. The first kappa shape index (κ1) is 20.5. The van der Waals surface area contributed by atoms with E-state index < -0.39 is 28.3 Å². The van der Waals surface area contributed by atoms with Crippen molar-refractivity contribution >= 4 is 27.3 Å². The van der Waals surface area contributed by atoms with Crippen LogP contribution in [0.5, 0.6) is 0 Å². The van der Waals surface area contributed by atoms with Gasteiger partial charge >= 0.3 is 0 Å². The molecule has 0 saturated carbocycles. The van der Waals surface area contributed by atoms with E-state index in [0.29, 0.717) is 5.69 Å². The van der Waals surface area contributed by atoms with Crippen LogP contribution in [0.2, 0.25) is 0 Å². The van der Waals surface area contributed by atoms with Gasteiger partial charge in [-0.25, -0.2) is 12.8 Å². The standard InChI is InChI=1S/C22H21FN2O3S/c1-16-8-9-17(2)21(14-16)24-22(26)15-25(19-12-10-18(23)11-13-19)29(27,28)20-6-4-3-5-7-20/h3-14H,15H2,1-2H3,(H,24,26). The number of carbonyl (C=O) groups is 1. The van der Waals surface area contributed by atoms with Crippen LogP contribution in [-0.2, 0) is 14.8 Å². The van der Waals surface area contributed by atoms with Crippen LogP contribution in [0.1, 0.15) is 11.1 Å². The maximum Gasteiger partial charge on any atom is 0.264 e. The number of benzene rings is 3. The summed E-state index contributed by atoms with van der Waals surface area (Å²) in [6.45, 7) is 3.31. The average Bonchev–Trinajstić information content (AvgIpc) is 2.70. The van der Waals surface area contributed by atoms with Gasteiger partial charge in [-0.05, 0) is 67.4 Å². The molecule has 3 aromatic rings. The van der Waals surface area contributed by atoms with E-state index in [2.05, 4.69) is 5.32 Å². The highest BCUT2D eigenvalue weighted by Crippen LogP contribution is 2.24. The fourth-order valence-electron chi connectivity index (χ4n) is 2.83. The monoisotopic (exact) mass is 412 g/mol. The molecule has 1 amide bonds. The van der Waals surface area contributed by atoms with E-state index in [1.165, 1.54) is 24.3 Å². The maximum atomic E-state index is 13.4. The average molecular weight is 412 g/mol. The summed E-state index contributed by atoms with van der Waals surface area (Å²) in [5, 5.41) is 2.77. The molecule has 1 N–H and O–H groups in total. The van der Waals surface area contributed by atoms with E-state index in [1.54, 1.807) is 18.2 Å². The van der Waals surface area contributed by atoms with Gasteiger partial charge < -0.3 is 5.32 Å². The number of carbonyl (C=O) groups excluding carboxylic acids is 1. The highest BCUT2D eigenvalue weighted by Gasteiger charge is 2.27. The molecule has 0 fully saturated rings. The van der Waals surface area contributed by atoms with E-state index in [0.717, 1.165) is 27.6 Å². The van der Waals surface area contributed by atoms with Gasteiger partial charge in [0.25, 0.3) is 10.0 Å². The lowest BCUT2D eigenvalue weighted by atomic mass is 10.1. The van der Waals surface area contributed by atoms with E-state index in [1.807, 2.05) is 32.0 Å². The molecule has 3 rings (SSSR count). The van der Waals surface area contributed by atoms with Gasteiger partial charge in [-0.3, -0.25) is 9.10 Å². The van der Waals surface area contributed by atoms with Crippen molar-refractivity contribution in [2.24, 2.45) is 0 Å². The summed E-state index contributed by atoms with van der Waals surface area (Å²) in [6.07, 6.45) is 0. The molecule has 0 aliphatic rings. The number of aryl methyl sites for hydroxylation is 2. The summed E-state index contributed by atoms with van der Waals surface area (Å²) in [7, 11) is -4.02. The lowest BCUT2D eigenvalue weighted by Crippen LogP contribution is -2.38. The SMILES string of the molecule is Cc1ccc(C)c(NC(=O)CN(c2ccc(F)cc2)S(=O)(=O)c2ccccc2)c1. The number of hydrogen-bond donors (Lipinski definition) is 1. The molecule has 0 radical (unpaired) electrons. The topological polar surface area (TPSA) is 66.5 Å². The molecule has 0 aromatic heterocycles. The quantitative estimate of drug-likeness (QED) is 0.657. The Labute approximate surface area is 169 Å². The maximum absolute atomic E-state index is 13.4. The number of amides is 1. The van der Waals surface area contributed by atoms with Gasteiger partial charge in [0.15, 0.2) is 0 Å². The van der Waals surface area contributed by atoms with E-state index in [-0.39, 0.29) is 10.6 Å². The van der Waals surface area contributed by atoms with Gasteiger partial charge in [-0.15, -0.1) is 0 Å². The lowest BCUT2D eigenvalue weighted by Gasteiger charge is -2.24. The van der Waals surface area contributed by atoms with Crippen LogP contribution in [-0.4, -0.2) is 20.9 Å². The van der Waals surface area contributed by atoms with Crippen LogP contribution in [0.25, 0.3) is 0 Å². The van der Waals surface area contributed by atoms with Crippen LogP contribution in [0.3, 0.4) is 0 Å². The van der Waals surface area contributed by atoms with Crippen LogP contribution in [0.15, 0.2) is 77.7 Å². The Morgan fingerprint density at radius 3 is 2.28 bits per heavy atom. The molecule has 150 valence electrons. The molecule has 0 spiro atoms. The predicted octanol–water partition coefficient (Wildman–Crippen LogP) is 4.28. The van der Waals surface area contributed by atoms with Gasteiger partial charge in [0.1, 0.15) is 12.4 Å². The first-order chi connectivity index (χ1) is 13.8. The third kappa shape index (κ3) is 4.81. The fourth-order valence-corrected chi connectivity index (χ4v) is 4.27. The molecule has 0 aliphatic heterocycles. The Kier molecular flexibility index (Phi) is 5.98. The Hall–Kier alpha value is -3.19. The van der Waals surface area contributed by atoms with Crippen LogP contribution in [0, 0.1) is 19.7 Å². The molecule has 0 bridgehead atoms. The van der Waals surface area contributed by atoms with Gasteiger partial charge in [0.05, 0.1) is 10.6 Å². The Balaban J connectivity index is 1.94. The van der Waals surface area contributed by atoms with Crippen molar-refractivity contribution < 1.29 is 17.6 Å². The molecular formula is C22H21FN2O3S. The number of anilines is 2. The zero-order valence-electron chi connectivity index (χ0n) is 16.1. The Morgan fingerprint density at radius 1 is 0.966 bits per heavy atom. The largest absolute Gasteiger partial charge is 0.324 e. The lowest BCUT2D eigenvalue weighted by molar-refractivity contribution is -0.114. The Morgan fingerprint density at radius 2 is 1.62 bits per heavy atom. The van der Waals surface area contributed by atoms with Gasteiger partial charge in [0.2, 0.25) is 5.91 Å². The van der Waals surface area contributed by atoms with E-state index in [4.69, 9.17) is 0 Å². The third-order valence-electron chi connectivity index (χ3n) is 4.40. The minimum atomic E-state index is -4.02. The number of nitrogens with zero attached hydrogens (tertiary/aromatic N) is 1. The molecule has 0 saturated heterocycles. The highest BCUT2D eigenvalue weighted by atomic mass is 32.2. The van der Waals surface area contributed by atoms with Gasteiger partial charge in [-0.1, -0.05) is 30.3 Å². The van der Waals surface area contributed by atoms with Crippen molar-refractivity contribution in [3.05, 3.63) is 89.7 Å². The molecule has 3 aromatic carbocycles. The number of sulfonamides is 1. The second-order valence-corrected chi connectivity index (χ2v) is 8.53. The second-order valence-electron chi connectivity index (χ2n) is 6.67. The van der Waals surface area contributed by atoms with Crippen molar-refractivity contribution in [2.45, 2.75) is 18.7 Å². The minimum Gasteiger partial charge on any atom is -0.324 e. The number of hydrogen-bond acceptors (Lipinski definition) is 3. The molecule has 0 unspecified atom stereocenters. The third-order valence-corrected chi connectivity index (χ3v) is 6.19. The molecular weight excluding hydrogens is 391 g/mol. The summed E-state index contributed by atoms with van der Waals surface area (Å²) < 4.78 is 40.7. The number of halogens is 1. The molecule has 0 aliphatic carbocycles. The van der Waals surface area contributed by atoms with Crippen molar-refractivity contribution in [2.75, 3.05) is 16.2 Å². The molecule has 29 heavy (non-hydrogen) atoms.